The molecular formula is C9H13NO3S2. The van der Waals surface area contributed by atoms with E-state index >= 15 is 0 Å². The highest BCUT2D eigenvalue weighted by atomic mass is 32.2. The summed E-state index contributed by atoms with van der Waals surface area (Å²) in [4.78, 5) is 24.1. The summed E-state index contributed by atoms with van der Waals surface area (Å²) < 4.78 is 0. The van der Waals surface area contributed by atoms with Gasteiger partial charge >= 0.3 is 5.97 Å². The van der Waals surface area contributed by atoms with Crippen LogP contribution in [0.2, 0.25) is 0 Å². The fourth-order valence-electron chi connectivity index (χ4n) is 1.22. The predicted molar refractivity (Wildman–Crippen MR) is 62.9 cm³/mol. The number of carbonyl (C=O) groups is 2. The van der Waals surface area contributed by atoms with Gasteiger partial charge in [-0.15, -0.1) is 11.8 Å². The minimum Gasteiger partial charge on any atom is -0.479 e. The maximum atomic E-state index is 11.8. The number of rotatable bonds is 3. The molecule has 0 aromatic heterocycles. The van der Waals surface area contributed by atoms with E-state index in [0.29, 0.717) is 11.6 Å². The van der Waals surface area contributed by atoms with E-state index in [9.17, 15) is 9.59 Å². The molecule has 2 unspecified atom stereocenters. The van der Waals surface area contributed by atoms with Crippen LogP contribution in [0, 0.1) is 5.92 Å². The van der Waals surface area contributed by atoms with Crippen molar-refractivity contribution in [2.75, 3.05) is 11.6 Å². The number of hydrogen-bond acceptors (Lipinski definition) is 4. The third kappa shape index (κ3) is 2.92. The molecule has 1 aliphatic heterocycles. The van der Waals surface area contributed by atoms with Crippen molar-refractivity contribution in [3.63, 3.8) is 0 Å². The zero-order valence-electron chi connectivity index (χ0n) is 8.29. The number of carboxylic acid groups (broad SMARTS) is 1. The number of carbonyl (C=O) groups excluding carboxylic acids is 1. The van der Waals surface area contributed by atoms with Crippen LogP contribution in [0.5, 0.6) is 0 Å². The summed E-state index contributed by atoms with van der Waals surface area (Å²) in [6.45, 7) is 1.75. The second-order valence-electron chi connectivity index (χ2n) is 3.30. The molecule has 0 saturated carbocycles. The van der Waals surface area contributed by atoms with Crippen LogP contribution < -0.4 is 0 Å². The summed E-state index contributed by atoms with van der Waals surface area (Å²) in [7, 11) is 0. The Bertz CT molecular complexity index is 293. The normalized spacial score (nSPS) is 22.5. The molecule has 0 fully saturated rings. The molecule has 6 heteroatoms. The Labute approximate surface area is 98.1 Å². The third-order valence-electron chi connectivity index (χ3n) is 2.14. The first kappa shape index (κ1) is 12.4. The number of amides is 1. The van der Waals surface area contributed by atoms with Gasteiger partial charge in [0.2, 0.25) is 5.91 Å². The maximum Gasteiger partial charge on any atom is 0.330 e. The fraction of sp³-hybridized carbons (Fsp3) is 0.556. The zero-order chi connectivity index (χ0) is 11.4. The molecular weight excluding hydrogens is 234 g/mol. The summed E-state index contributed by atoms with van der Waals surface area (Å²) >= 11 is 5.45. The van der Waals surface area contributed by atoms with Gasteiger partial charge in [0.25, 0.3) is 0 Å². The minimum atomic E-state index is -0.994. The van der Waals surface area contributed by atoms with Gasteiger partial charge in [0, 0.05) is 11.7 Å². The van der Waals surface area contributed by atoms with Crippen LogP contribution in [0.3, 0.4) is 0 Å². The molecule has 4 nitrogen and oxygen atoms in total. The number of aliphatic carboxylic acids is 1. The second kappa shape index (κ2) is 5.46. The Morgan fingerprint density at radius 2 is 2.40 bits per heavy atom. The molecule has 1 N–H and O–H groups in total. The Kier molecular flexibility index (Phi) is 4.53. The molecule has 0 saturated heterocycles. The van der Waals surface area contributed by atoms with Crippen LogP contribution in [0.25, 0.3) is 0 Å². The molecule has 0 aromatic carbocycles. The van der Waals surface area contributed by atoms with E-state index in [1.165, 1.54) is 22.7 Å². The van der Waals surface area contributed by atoms with E-state index in [0.717, 1.165) is 0 Å². The summed E-state index contributed by atoms with van der Waals surface area (Å²) in [6.07, 6.45) is 1.53. The molecule has 2 atom stereocenters. The van der Waals surface area contributed by atoms with Crippen molar-refractivity contribution in [2.24, 2.45) is 5.92 Å². The zero-order valence-corrected chi connectivity index (χ0v) is 10.0. The van der Waals surface area contributed by atoms with Crippen LogP contribution in [-0.2, 0) is 9.59 Å². The Hall–Kier alpha value is -0.620. The molecule has 1 rings (SSSR count). The van der Waals surface area contributed by atoms with E-state index in [4.69, 9.17) is 5.11 Å². The summed E-state index contributed by atoms with van der Waals surface area (Å²) in [6, 6.07) is -0.832. The predicted octanol–water partition coefficient (Wildman–Crippen LogP) is 1.05. The highest BCUT2D eigenvalue weighted by Crippen LogP contribution is 2.20. The number of carboxylic acids is 1. The van der Waals surface area contributed by atoms with Crippen molar-refractivity contribution < 1.29 is 14.7 Å². The average molecular weight is 247 g/mol. The van der Waals surface area contributed by atoms with Gasteiger partial charge in [0.1, 0.15) is 6.04 Å². The third-order valence-corrected chi connectivity index (χ3v) is 3.46. The van der Waals surface area contributed by atoms with E-state index < -0.39 is 12.0 Å². The van der Waals surface area contributed by atoms with Crippen LogP contribution in [0.1, 0.15) is 6.92 Å². The molecule has 0 spiro atoms. The van der Waals surface area contributed by atoms with Gasteiger partial charge in [0.05, 0.1) is 5.88 Å². The van der Waals surface area contributed by atoms with Gasteiger partial charge in [-0.25, -0.2) is 4.79 Å². The van der Waals surface area contributed by atoms with E-state index in [2.05, 4.69) is 12.6 Å². The van der Waals surface area contributed by atoms with E-state index in [1.54, 1.807) is 12.3 Å². The van der Waals surface area contributed by atoms with Crippen LogP contribution >= 0.6 is 24.4 Å². The number of thiol groups is 1. The Morgan fingerprint density at radius 1 is 1.73 bits per heavy atom. The van der Waals surface area contributed by atoms with Gasteiger partial charge in [-0.2, -0.15) is 12.6 Å². The summed E-state index contributed by atoms with van der Waals surface area (Å²) in [5.41, 5.74) is 0. The van der Waals surface area contributed by atoms with Crippen molar-refractivity contribution in [1.82, 2.24) is 4.90 Å². The first-order chi connectivity index (χ1) is 7.07. The quantitative estimate of drug-likeness (QED) is 0.732. The van der Waals surface area contributed by atoms with E-state index in [1.807, 2.05) is 0 Å². The second-order valence-corrected chi connectivity index (χ2v) is 4.53. The fourth-order valence-corrected chi connectivity index (χ4v) is 2.17. The SMILES string of the molecule is CC(CS)C(=O)N1CSC=CC1C(=O)O. The lowest BCUT2D eigenvalue weighted by molar-refractivity contribution is -0.148. The van der Waals surface area contributed by atoms with Gasteiger partial charge in [-0.05, 0) is 11.5 Å². The van der Waals surface area contributed by atoms with Gasteiger partial charge in [-0.3, -0.25) is 4.79 Å². The van der Waals surface area contributed by atoms with Gasteiger partial charge < -0.3 is 10.0 Å². The standard InChI is InChI=1S/C9H13NO3S2/c1-6(4-14)8(11)10-5-15-3-2-7(10)9(12)13/h2-3,6-7,14H,4-5H2,1H3,(H,12,13). The van der Waals surface area contributed by atoms with E-state index in [-0.39, 0.29) is 11.8 Å². The van der Waals surface area contributed by atoms with Crippen LogP contribution in [0.4, 0.5) is 0 Å². The molecule has 1 heterocycles. The Morgan fingerprint density at radius 3 is 2.93 bits per heavy atom. The van der Waals surface area contributed by atoms with Crippen LogP contribution in [-0.4, -0.2) is 39.6 Å². The molecule has 0 aliphatic carbocycles. The average Bonchev–Trinajstić information content (AvgIpc) is 2.27. The van der Waals surface area contributed by atoms with Crippen molar-refractivity contribution in [3.8, 4) is 0 Å². The Balaban J connectivity index is 2.79. The lowest BCUT2D eigenvalue weighted by Crippen LogP contribution is -2.47. The molecule has 15 heavy (non-hydrogen) atoms. The smallest absolute Gasteiger partial charge is 0.330 e. The molecule has 1 aliphatic rings. The van der Waals surface area contributed by atoms with Crippen molar-refractivity contribution >= 4 is 36.3 Å². The molecule has 0 radical (unpaired) electrons. The van der Waals surface area contributed by atoms with Gasteiger partial charge in [0.15, 0.2) is 0 Å². The maximum absolute atomic E-state index is 11.8. The van der Waals surface area contributed by atoms with Crippen molar-refractivity contribution in [2.45, 2.75) is 13.0 Å². The first-order valence-electron chi connectivity index (χ1n) is 4.50. The molecule has 0 aromatic rings. The van der Waals surface area contributed by atoms with Gasteiger partial charge in [-0.1, -0.05) is 6.92 Å². The number of nitrogens with zero attached hydrogens (tertiary/aromatic N) is 1. The highest BCUT2D eigenvalue weighted by molar-refractivity contribution is 8.02. The topological polar surface area (TPSA) is 57.6 Å². The largest absolute Gasteiger partial charge is 0.479 e. The van der Waals surface area contributed by atoms with Crippen molar-refractivity contribution in [3.05, 3.63) is 11.5 Å². The summed E-state index contributed by atoms with van der Waals surface area (Å²) in [5.74, 6) is -0.580. The van der Waals surface area contributed by atoms with Crippen LogP contribution in [0.15, 0.2) is 11.5 Å². The molecule has 0 bridgehead atoms. The highest BCUT2D eigenvalue weighted by Gasteiger charge is 2.31. The first-order valence-corrected chi connectivity index (χ1v) is 6.18. The number of hydrogen-bond donors (Lipinski definition) is 2. The van der Waals surface area contributed by atoms with Crippen molar-refractivity contribution in [1.29, 1.82) is 0 Å². The lowest BCUT2D eigenvalue weighted by Gasteiger charge is -2.30. The lowest BCUT2D eigenvalue weighted by atomic mass is 10.1. The molecule has 1 amide bonds. The summed E-state index contributed by atoms with van der Waals surface area (Å²) in [5, 5.41) is 10.7. The minimum absolute atomic E-state index is 0.158. The molecule has 84 valence electrons. The monoisotopic (exact) mass is 247 g/mol. The number of thioether (sulfide) groups is 1.